The van der Waals surface area contributed by atoms with E-state index in [1.165, 1.54) is 6.07 Å². The average Bonchev–Trinajstić information content (AvgIpc) is 2.48. The minimum atomic E-state index is -0.821. The van der Waals surface area contributed by atoms with Crippen molar-refractivity contribution in [3.05, 3.63) is 60.2 Å². The number of carbonyl (C=O) groups excluding carboxylic acids is 1. The highest BCUT2D eigenvalue weighted by atomic mass is 19.1. The molecule has 2 aromatic rings. The molecule has 2 aromatic carbocycles. The maximum absolute atomic E-state index is 13.5. The van der Waals surface area contributed by atoms with Crippen LogP contribution in [0.15, 0.2) is 48.5 Å². The molecule has 1 atom stereocenters. The molecule has 1 amide bonds. The van der Waals surface area contributed by atoms with Gasteiger partial charge in [0.1, 0.15) is 17.4 Å². The quantitative estimate of drug-likeness (QED) is 0.911. The number of hydrogen-bond acceptors (Lipinski definition) is 2. The molecular formula is C16H15F2NO2. The monoisotopic (exact) mass is 291 g/mol. The smallest absolute Gasteiger partial charge is 0.265 e. The van der Waals surface area contributed by atoms with Crippen LogP contribution in [0.2, 0.25) is 0 Å². The van der Waals surface area contributed by atoms with Gasteiger partial charge < -0.3 is 10.1 Å². The number of carbonyl (C=O) groups is 1. The van der Waals surface area contributed by atoms with Gasteiger partial charge in [0.15, 0.2) is 6.10 Å². The standard InChI is InChI=1S/C16H15F2NO2/c1-2-15(21-12-6-4-3-5-7-12)16(20)19-14-9-8-11(17)10-13(14)18/h3-10,15H,2H2,1H3,(H,19,20)/t15-/m1/s1. The molecule has 2 rings (SSSR count). The summed E-state index contributed by atoms with van der Waals surface area (Å²) in [7, 11) is 0. The second-order valence-electron chi connectivity index (χ2n) is 4.44. The van der Waals surface area contributed by atoms with E-state index >= 15 is 0 Å². The normalized spacial score (nSPS) is 11.8. The Morgan fingerprint density at radius 1 is 1.19 bits per heavy atom. The van der Waals surface area contributed by atoms with Crippen molar-refractivity contribution in [2.45, 2.75) is 19.4 Å². The van der Waals surface area contributed by atoms with E-state index < -0.39 is 23.6 Å². The average molecular weight is 291 g/mol. The summed E-state index contributed by atoms with van der Waals surface area (Å²) in [5.41, 5.74) is -0.0727. The Hall–Kier alpha value is -2.43. The third-order valence-corrected chi connectivity index (χ3v) is 2.87. The summed E-state index contributed by atoms with van der Waals surface area (Å²) in [6.07, 6.45) is -0.333. The number of ether oxygens (including phenoxy) is 1. The highest BCUT2D eigenvalue weighted by Gasteiger charge is 2.19. The lowest BCUT2D eigenvalue weighted by molar-refractivity contribution is -0.122. The van der Waals surface area contributed by atoms with Crippen molar-refractivity contribution >= 4 is 11.6 Å². The van der Waals surface area contributed by atoms with E-state index in [-0.39, 0.29) is 5.69 Å². The van der Waals surface area contributed by atoms with Crippen LogP contribution in [-0.2, 0) is 4.79 Å². The number of benzene rings is 2. The highest BCUT2D eigenvalue weighted by Crippen LogP contribution is 2.17. The Bertz CT molecular complexity index is 617. The molecule has 0 aromatic heterocycles. The van der Waals surface area contributed by atoms with Crippen LogP contribution < -0.4 is 10.1 Å². The lowest BCUT2D eigenvalue weighted by Crippen LogP contribution is -2.32. The van der Waals surface area contributed by atoms with Gasteiger partial charge in [0.05, 0.1) is 5.69 Å². The van der Waals surface area contributed by atoms with E-state index in [1.807, 2.05) is 6.07 Å². The Labute approximate surface area is 121 Å². The van der Waals surface area contributed by atoms with E-state index in [2.05, 4.69) is 5.32 Å². The van der Waals surface area contributed by atoms with Gasteiger partial charge >= 0.3 is 0 Å². The Morgan fingerprint density at radius 2 is 1.90 bits per heavy atom. The molecule has 5 heteroatoms. The maximum Gasteiger partial charge on any atom is 0.265 e. The van der Waals surface area contributed by atoms with E-state index in [4.69, 9.17) is 4.74 Å². The summed E-state index contributed by atoms with van der Waals surface area (Å²) in [5.74, 6) is -1.44. The highest BCUT2D eigenvalue weighted by molar-refractivity contribution is 5.94. The molecule has 0 saturated heterocycles. The number of halogens is 2. The number of amides is 1. The first-order valence-electron chi connectivity index (χ1n) is 6.57. The van der Waals surface area contributed by atoms with E-state index in [9.17, 15) is 13.6 Å². The molecule has 3 nitrogen and oxygen atoms in total. The zero-order chi connectivity index (χ0) is 15.2. The van der Waals surface area contributed by atoms with Gasteiger partial charge in [-0.25, -0.2) is 8.78 Å². The molecule has 110 valence electrons. The summed E-state index contributed by atoms with van der Waals surface area (Å²) < 4.78 is 31.9. The maximum atomic E-state index is 13.5. The Balaban J connectivity index is 2.06. The van der Waals surface area contributed by atoms with Gasteiger partial charge in [-0.3, -0.25) is 4.79 Å². The molecule has 0 spiro atoms. The van der Waals surface area contributed by atoms with Crippen LogP contribution in [0.25, 0.3) is 0 Å². The SMILES string of the molecule is CC[C@@H](Oc1ccccc1)C(=O)Nc1ccc(F)cc1F. The molecule has 0 fully saturated rings. The van der Waals surface area contributed by atoms with Crippen molar-refractivity contribution in [1.29, 1.82) is 0 Å². The predicted molar refractivity (Wildman–Crippen MR) is 76.1 cm³/mol. The van der Waals surface area contributed by atoms with Crippen LogP contribution in [0.1, 0.15) is 13.3 Å². The van der Waals surface area contributed by atoms with Crippen LogP contribution in [0.5, 0.6) is 5.75 Å². The zero-order valence-corrected chi connectivity index (χ0v) is 11.5. The summed E-state index contributed by atoms with van der Waals surface area (Å²) in [6.45, 7) is 1.79. The van der Waals surface area contributed by atoms with Crippen LogP contribution in [0.4, 0.5) is 14.5 Å². The van der Waals surface area contributed by atoms with E-state index in [1.54, 1.807) is 31.2 Å². The van der Waals surface area contributed by atoms with Crippen LogP contribution in [0, 0.1) is 11.6 Å². The molecule has 21 heavy (non-hydrogen) atoms. The number of rotatable bonds is 5. The lowest BCUT2D eigenvalue weighted by atomic mass is 10.2. The van der Waals surface area contributed by atoms with Crippen LogP contribution in [0.3, 0.4) is 0 Å². The number of para-hydroxylation sites is 1. The van der Waals surface area contributed by atoms with Gasteiger partial charge in [0.2, 0.25) is 0 Å². The fraction of sp³-hybridized carbons (Fsp3) is 0.188. The third kappa shape index (κ3) is 4.02. The van der Waals surface area contributed by atoms with Crippen LogP contribution in [-0.4, -0.2) is 12.0 Å². The molecule has 1 N–H and O–H groups in total. The fourth-order valence-corrected chi connectivity index (χ4v) is 1.79. The van der Waals surface area contributed by atoms with Gasteiger partial charge in [-0.2, -0.15) is 0 Å². The zero-order valence-electron chi connectivity index (χ0n) is 11.5. The minimum Gasteiger partial charge on any atom is -0.481 e. The molecule has 0 unspecified atom stereocenters. The topological polar surface area (TPSA) is 38.3 Å². The molecule has 0 saturated carbocycles. The lowest BCUT2D eigenvalue weighted by Gasteiger charge is -2.17. The molecule has 0 bridgehead atoms. The van der Waals surface area contributed by atoms with Gasteiger partial charge in [0.25, 0.3) is 5.91 Å². The second kappa shape index (κ2) is 6.83. The molecule has 0 radical (unpaired) electrons. The van der Waals surface area contributed by atoms with Crippen molar-refractivity contribution < 1.29 is 18.3 Å². The number of hydrogen-bond donors (Lipinski definition) is 1. The molecule has 0 aliphatic carbocycles. The first kappa shape index (κ1) is 15.0. The molecule has 0 aliphatic heterocycles. The molecule has 0 heterocycles. The van der Waals surface area contributed by atoms with Gasteiger partial charge in [-0.05, 0) is 30.7 Å². The summed E-state index contributed by atoms with van der Waals surface area (Å²) >= 11 is 0. The largest absolute Gasteiger partial charge is 0.481 e. The van der Waals surface area contributed by atoms with Gasteiger partial charge in [-0.15, -0.1) is 0 Å². The predicted octanol–water partition coefficient (Wildman–Crippen LogP) is 3.76. The Morgan fingerprint density at radius 3 is 2.52 bits per heavy atom. The van der Waals surface area contributed by atoms with Crippen molar-refractivity contribution in [2.24, 2.45) is 0 Å². The van der Waals surface area contributed by atoms with Crippen molar-refractivity contribution in [1.82, 2.24) is 0 Å². The van der Waals surface area contributed by atoms with E-state index in [0.29, 0.717) is 18.2 Å². The summed E-state index contributed by atoms with van der Waals surface area (Å²) in [6, 6.07) is 11.9. The second-order valence-corrected chi connectivity index (χ2v) is 4.44. The minimum absolute atomic E-state index is 0.0727. The molecular weight excluding hydrogens is 276 g/mol. The summed E-state index contributed by atoms with van der Waals surface area (Å²) in [4.78, 5) is 12.1. The molecule has 0 aliphatic rings. The fourth-order valence-electron chi connectivity index (χ4n) is 1.79. The Kier molecular flexibility index (Phi) is 4.87. The summed E-state index contributed by atoms with van der Waals surface area (Å²) in [5, 5.41) is 2.40. The van der Waals surface area contributed by atoms with Crippen LogP contribution >= 0.6 is 0 Å². The van der Waals surface area contributed by atoms with Gasteiger partial charge in [0, 0.05) is 6.07 Å². The van der Waals surface area contributed by atoms with Crippen molar-refractivity contribution in [3.63, 3.8) is 0 Å². The first-order valence-corrected chi connectivity index (χ1v) is 6.57. The van der Waals surface area contributed by atoms with Crippen molar-refractivity contribution in [3.8, 4) is 5.75 Å². The van der Waals surface area contributed by atoms with Gasteiger partial charge in [-0.1, -0.05) is 25.1 Å². The first-order chi connectivity index (χ1) is 10.1. The van der Waals surface area contributed by atoms with E-state index in [0.717, 1.165) is 6.07 Å². The number of nitrogens with one attached hydrogen (secondary N) is 1. The van der Waals surface area contributed by atoms with Crippen molar-refractivity contribution in [2.75, 3.05) is 5.32 Å². The number of anilines is 1. The third-order valence-electron chi connectivity index (χ3n) is 2.87.